The Balaban J connectivity index is 4.03. The minimum atomic E-state index is -0.931. The highest BCUT2D eigenvalue weighted by atomic mass is 16.7. The van der Waals surface area contributed by atoms with E-state index >= 15 is 0 Å². The molecule has 0 bridgehead atoms. The van der Waals surface area contributed by atoms with Gasteiger partial charge in [0, 0.05) is 19.9 Å². The van der Waals surface area contributed by atoms with Crippen LogP contribution in [0.5, 0.6) is 0 Å². The van der Waals surface area contributed by atoms with E-state index in [1.807, 2.05) is 0 Å². The molecule has 0 radical (unpaired) electrons. The number of amides is 1. The van der Waals surface area contributed by atoms with Crippen molar-refractivity contribution in [2.75, 3.05) is 6.54 Å². The normalized spacial score (nSPS) is 13.4. The number of hydrogen-bond acceptors (Lipinski definition) is 5. The number of ether oxygens (including phenoxy) is 2. The van der Waals surface area contributed by atoms with Gasteiger partial charge in [-0.25, -0.2) is 4.79 Å². The summed E-state index contributed by atoms with van der Waals surface area (Å²) in [7, 11) is 0. The van der Waals surface area contributed by atoms with E-state index in [-0.39, 0.29) is 12.3 Å². The molecule has 2 N–H and O–H groups in total. The minimum Gasteiger partial charge on any atom is -0.481 e. The van der Waals surface area contributed by atoms with Crippen LogP contribution in [-0.2, 0) is 19.1 Å². The Morgan fingerprint density at radius 2 is 1.64 bits per heavy atom. The zero-order chi connectivity index (χ0) is 19.4. The third-order valence-corrected chi connectivity index (χ3v) is 3.66. The average molecular weight is 359 g/mol. The topological polar surface area (TPSA) is 102 Å². The van der Waals surface area contributed by atoms with Crippen molar-refractivity contribution in [2.24, 2.45) is 17.8 Å². The van der Waals surface area contributed by atoms with Gasteiger partial charge in [0.05, 0.1) is 5.92 Å². The standard InChI is InChI=1S/C18H33NO6/c1-12(2)11-15(8-9-16(20)21)7-6-10-19-18(23)25-14(5)24-17(22)13(3)4/h12-15H,6-11H2,1-5H3,(H,19,23)(H,20,21)/t14-,15+/m1/s1. The number of hydrogen-bond donors (Lipinski definition) is 2. The first-order valence-corrected chi connectivity index (χ1v) is 8.98. The zero-order valence-corrected chi connectivity index (χ0v) is 16.0. The van der Waals surface area contributed by atoms with E-state index in [0.717, 1.165) is 19.3 Å². The maximum atomic E-state index is 11.6. The zero-order valence-electron chi connectivity index (χ0n) is 16.0. The number of alkyl carbamates (subject to hydrolysis) is 1. The number of esters is 1. The maximum Gasteiger partial charge on any atom is 0.410 e. The highest BCUT2D eigenvalue weighted by molar-refractivity contribution is 5.72. The second-order valence-corrected chi connectivity index (χ2v) is 7.06. The molecule has 0 aliphatic carbocycles. The molecule has 0 saturated carbocycles. The lowest BCUT2D eigenvalue weighted by Crippen LogP contribution is -2.31. The molecule has 0 rings (SSSR count). The maximum absolute atomic E-state index is 11.6. The lowest BCUT2D eigenvalue weighted by molar-refractivity contribution is -0.168. The van der Waals surface area contributed by atoms with Crippen LogP contribution >= 0.6 is 0 Å². The fourth-order valence-corrected chi connectivity index (χ4v) is 2.47. The number of aliphatic carboxylic acids is 1. The molecule has 0 aliphatic rings. The van der Waals surface area contributed by atoms with Crippen molar-refractivity contribution in [3.8, 4) is 0 Å². The van der Waals surface area contributed by atoms with Crippen LogP contribution in [0.2, 0.25) is 0 Å². The Labute approximate surface area is 150 Å². The van der Waals surface area contributed by atoms with Crippen molar-refractivity contribution < 1.29 is 29.0 Å². The van der Waals surface area contributed by atoms with Gasteiger partial charge in [0.2, 0.25) is 6.29 Å². The van der Waals surface area contributed by atoms with Crippen LogP contribution in [0.15, 0.2) is 0 Å². The summed E-state index contributed by atoms with van der Waals surface area (Å²) in [6.45, 7) is 9.56. The molecule has 0 aromatic rings. The van der Waals surface area contributed by atoms with E-state index in [9.17, 15) is 14.4 Å². The summed E-state index contributed by atoms with van der Waals surface area (Å²) >= 11 is 0. The second kappa shape index (κ2) is 12.6. The summed E-state index contributed by atoms with van der Waals surface area (Å²) in [5.74, 6) is -0.637. The molecule has 0 aliphatic heterocycles. The number of carboxylic acid groups (broad SMARTS) is 1. The molecule has 7 nitrogen and oxygen atoms in total. The van der Waals surface area contributed by atoms with E-state index in [2.05, 4.69) is 19.2 Å². The highest BCUT2D eigenvalue weighted by Crippen LogP contribution is 2.22. The second-order valence-electron chi connectivity index (χ2n) is 7.06. The predicted octanol–water partition coefficient (Wildman–Crippen LogP) is 3.57. The number of nitrogens with one attached hydrogen (secondary N) is 1. The van der Waals surface area contributed by atoms with Gasteiger partial charge in [-0.3, -0.25) is 9.59 Å². The van der Waals surface area contributed by atoms with Gasteiger partial charge in [-0.1, -0.05) is 27.7 Å². The van der Waals surface area contributed by atoms with E-state index in [0.29, 0.717) is 24.8 Å². The van der Waals surface area contributed by atoms with E-state index in [1.165, 1.54) is 6.92 Å². The minimum absolute atomic E-state index is 0.172. The third-order valence-electron chi connectivity index (χ3n) is 3.66. The fourth-order valence-electron chi connectivity index (χ4n) is 2.47. The summed E-state index contributed by atoms with van der Waals surface area (Å²) < 4.78 is 9.90. The number of carbonyl (C=O) groups is 3. The molecule has 25 heavy (non-hydrogen) atoms. The monoisotopic (exact) mass is 359 g/mol. The number of carboxylic acids is 1. The third kappa shape index (κ3) is 13.2. The van der Waals surface area contributed by atoms with Crippen molar-refractivity contribution in [1.29, 1.82) is 0 Å². The molecule has 0 aromatic carbocycles. The van der Waals surface area contributed by atoms with E-state index in [4.69, 9.17) is 14.6 Å². The van der Waals surface area contributed by atoms with Crippen LogP contribution in [0.25, 0.3) is 0 Å². The fraction of sp³-hybridized carbons (Fsp3) is 0.833. The summed E-state index contributed by atoms with van der Waals surface area (Å²) in [6, 6.07) is 0. The van der Waals surface area contributed by atoms with E-state index < -0.39 is 24.3 Å². The van der Waals surface area contributed by atoms with Gasteiger partial charge in [0.25, 0.3) is 0 Å². The highest BCUT2D eigenvalue weighted by Gasteiger charge is 2.17. The van der Waals surface area contributed by atoms with E-state index in [1.54, 1.807) is 13.8 Å². The summed E-state index contributed by atoms with van der Waals surface area (Å²) in [5.41, 5.74) is 0. The van der Waals surface area contributed by atoms with Crippen molar-refractivity contribution in [3.05, 3.63) is 0 Å². The van der Waals surface area contributed by atoms with Crippen LogP contribution in [0.1, 0.15) is 66.7 Å². The Morgan fingerprint density at radius 1 is 1.00 bits per heavy atom. The Bertz CT molecular complexity index is 422. The summed E-state index contributed by atoms with van der Waals surface area (Å²) in [6.07, 6.45) is 1.83. The lowest BCUT2D eigenvalue weighted by atomic mass is 9.89. The quantitative estimate of drug-likeness (QED) is 0.314. The average Bonchev–Trinajstić information content (AvgIpc) is 2.47. The molecule has 0 heterocycles. The van der Waals surface area contributed by atoms with Crippen LogP contribution in [0.4, 0.5) is 4.79 Å². The van der Waals surface area contributed by atoms with Gasteiger partial charge in [0.1, 0.15) is 0 Å². The van der Waals surface area contributed by atoms with Gasteiger partial charge in [-0.2, -0.15) is 0 Å². The van der Waals surface area contributed by atoms with Crippen molar-refractivity contribution in [3.63, 3.8) is 0 Å². The van der Waals surface area contributed by atoms with Crippen LogP contribution in [0.3, 0.4) is 0 Å². The largest absolute Gasteiger partial charge is 0.481 e. The molecule has 1 amide bonds. The van der Waals surface area contributed by atoms with Crippen LogP contribution < -0.4 is 5.32 Å². The molecule has 2 atom stereocenters. The van der Waals surface area contributed by atoms with Crippen molar-refractivity contribution in [1.82, 2.24) is 5.32 Å². The smallest absolute Gasteiger partial charge is 0.410 e. The number of carbonyl (C=O) groups excluding carboxylic acids is 2. The summed E-state index contributed by atoms with van der Waals surface area (Å²) in [4.78, 5) is 33.8. The number of rotatable bonds is 12. The van der Waals surface area contributed by atoms with Crippen molar-refractivity contribution >= 4 is 18.0 Å². The van der Waals surface area contributed by atoms with Crippen LogP contribution in [0, 0.1) is 17.8 Å². The van der Waals surface area contributed by atoms with Gasteiger partial charge in [0.15, 0.2) is 0 Å². The first kappa shape index (κ1) is 23.2. The first-order chi connectivity index (χ1) is 11.6. The molecule has 7 heteroatoms. The molecule has 0 unspecified atom stereocenters. The van der Waals surface area contributed by atoms with Crippen molar-refractivity contribution in [2.45, 2.75) is 73.0 Å². The molecule has 0 saturated heterocycles. The van der Waals surface area contributed by atoms with Gasteiger partial charge >= 0.3 is 18.0 Å². The first-order valence-electron chi connectivity index (χ1n) is 8.98. The Kier molecular flexibility index (Phi) is 11.7. The van der Waals surface area contributed by atoms with Gasteiger partial charge in [-0.15, -0.1) is 0 Å². The summed E-state index contributed by atoms with van der Waals surface area (Å²) in [5, 5.41) is 11.4. The Morgan fingerprint density at radius 3 is 2.16 bits per heavy atom. The molecule has 0 aromatic heterocycles. The van der Waals surface area contributed by atoms with Crippen LogP contribution in [-0.4, -0.2) is 36.0 Å². The Hall–Kier alpha value is -1.79. The molecule has 0 fully saturated rings. The predicted molar refractivity (Wildman–Crippen MR) is 93.9 cm³/mol. The molecule has 0 spiro atoms. The SMILES string of the molecule is CC(C)C[C@@H](CCCNC(=O)O[C@H](C)OC(=O)C(C)C)CCC(=O)O. The van der Waals surface area contributed by atoms with Gasteiger partial charge in [-0.05, 0) is 37.5 Å². The molecule has 146 valence electrons. The molecular weight excluding hydrogens is 326 g/mol. The molecular formula is C18H33NO6. The van der Waals surface area contributed by atoms with Gasteiger partial charge < -0.3 is 19.9 Å². The lowest BCUT2D eigenvalue weighted by Gasteiger charge is -2.19.